The van der Waals surface area contributed by atoms with Gasteiger partial charge in [0.2, 0.25) is 5.91 Å². The molecule has 0 bridgehead atoms. The summed E-state index contributed by atoms with van der Waals surface area (Å²) in [4.78, 5) is 14.6. The van der Waals surface area contributed by atoms with Gasteiger partial charge in [-0.25, -0.2) is 0 Å². The highest BCUT2D eigenvalue weighted by molar-refractivity contribution is 5.82. The summed E-state index contributed by atoms with van der Waals surface area (Å²) in [6.07, 6.45) is 3.13. The standard InChI is InChI=1S/C19H30N2O2/c1-14(2)18(20)19(22)21(13-17-5-4-12-23-17)11-10-16-8-6-15(3)7-9-16/h6-9,14,17-18H,4-5,10-13,20H2,1-3H3/t17?,18-/m0/s1. The van der Waals surface area contributed by atoms with Crippen LogP contribution < -0.4 is 5.73 Å². The van der Waals surface area contributed by atoms with Crippen molar-refractivity contribution in [3.63, 3.8) is 0 Å². The minimum atomic E-state index is -0.436. The molecule has 0 saturated carbocycles. The van der Waals surface area contributed by atoms with Gasteiger partial charge < -0.3 is 15.4 Å². The Hall–Kier alpha value is -1.39. The summed E-state index contributed by atoms with van der Waals surface area (Å²) in [5.41, 5.74) is 8.59. The highest BCUT2D eigenvalue weighted by atomic mass is 16.5. The van der Waals surface area contributed by atoms with Crippen molar-refractivity contribution in [1.29, 1.82) is 0 Å². The fraction of sp³-hybridized carbons (Fsp3) is 0.632. The molecule has 1 fully saturated rings. The zero-order valence-corrected chi connectivity index (χ0v) is 14.6. The van der Waals surface area contributed by atoms with Crippen LogP contribution in [0.2, 0.25) is 0 Å². The first kappa shape index (κ1) is 18.0. The van der Waals surface area contributed by atoms with Crippen molar-refractivity contribution in [3.05, 3.63) is 35.4 Å². The second-order valence-electron chi connectivity index (χ2n) is 6.92. The predicted octanol–water partition coefficient (Wildman–Crippen LogP) is 2.53. The Morgan fingerprint density at radius 2 is 2.04 bits per heavy atom. The van der Waals surface area contributed by atoms with Gasteiger partial charge in [0.15, 0.2) is 0 Å². The highest BCUT2D eigenvalue weighted by Crippen LogP contribution is 2.15. The van der Waals surface area contributed by atoms with Crippen molar-refractivity contribution in [2.45, 2.75) is 52.2 Å². The summed E-state index contributed by atoms with van der Waals surface area (Å²) in [5.74, 6) is 0.191. The van der Waals surface area contributed by atoms with Crippen LogP contribution >= 0.6 is 0 Å². The molecule has 2 N–H and O–H groups in total. The molecule has 4 nitrogen and oxygen atoms in total. The molecule has 1 amide bonds. The molecule has 2 rings (SSSR count). The molecule has 2 atom stereocenters. The molecule has 1 aromatic rings. The lowest BCUT2D eigenvalue weighted by Gasteiger charge is -2.29. The van der Waals surface area contributed by atoms with Crippen molar-refractivity contribution < 1.29 is 9.53 Å². The molecule has 4 heteroatoms. The minimum absolute atomic E-state index is 0.0441. The molecule has 0 radical (unpaired) electrons. The Morgan fingerprint density at radius 1 is 1.35 bits per heavy atom. The van der Waals surface area contributed by atoms with Crippen LogP contribution in [0.15, 0.2) is 24.3 Å². The van der Waals surface area contributed by atoms with Crippen molar-refractivity contribution in [1.82, 2.24) is 4.90 Å². The van der Waals surface area contributed by atoms with Crippen LogP contribution in [0.4, 0.5) is 0 Å². The molecule has 0 aromatic heterocycles. The van der Waals surface area contributed by atoms with E-state index >= 15 is 0 Å². The molecule has 1 aromatic carbocycles. The normalized spacial score (nSPS) is 19.1. The number of ether oxygens (including phenoxy) is 1. The maximum absolute atomic E-state index is 12.7. The first-order valence-corrected chi connectivity index (χ1v) is 8.69. The van der Waals surface area contributed by atoms with E-state index in [1.54, 1.807) is 0 Å². The van der Waals surface area contributed by atoms with Gasteiger partial charge in [-0.05, 0) is 37.7 Å². The number of amides is 1. The Kier molecular flexibility index (Phi) is 6.60. The molecule has 1 aliphatic rings. The van der Waals surface area contributed by atoms with E-state index in [1.807, 2.05) is 18.7 Å². The third-order valence-corrected chi connectivity index (χ3v) is 4.55. The summed E-state index contributed by atoms with van der Waals surface area (Å²) in [6.45, 7) is 8.23. The molecule has 1 saturated heterocycles. The van der Waals surface area contributed by atoms with E-state index in [9.17, 15) is 4.79 Å². The first-order valence-electron chi connectivity index (χ1n) is 8.69. The van der Waals surface area contributed by atoms with E-state index in [4.69, 9.17) is 10.5 Å². The SMILES string of the molecule is Cc1ccc(CCN(CC2CCCO2)C(=O)[C@@H](N)C(C)C)cc1. The molecule has 1 aliphatic heterocycles. The van der Waals surface area contributed by atoms with Crippen LogP contribution in [-0.4, -0.2) is 42.6 Å². The van der Waals surface area contributed by atoms with Gasteiger partial charge in [0, 0.05) is 19.7 Å². The molecule has 128 valence electrons. The van der Waals surface area contributed by atoms with Gasteiger partial charge >= 0.3 is 0 Å². The Balaban J connectivity index is 1.99. The number of carbonyl (C=O) groups is 1. The Morgan fingerprint density at radius 3 is 2.61 bits per heavy atom. The largest absolute Gasteiger partial charge is 0.376 e. The van der Waals surface area contributed by atoms with Crippen molar-refractivity contribution in [3.8, 4) is 0 Å². The van der Waals surface area contributed by atoms with Gasteiger partial charge in [0.25, 0.3) is 0 Å². The third-order valence-electron chi connectivity index (χ3n) is 4.55. The summed E-state index contributed by atoms with van der Waals surface area (Å²) >= 11 is 0. The van der Waals surface area contributed by atoms with E-state index < -0.39 is 6.04 Å². The molecular formula is C19H30N2O2. The lowest BCUT2D eigenvalue weighted by atomic mass is 10.0. The van der Waals surface area contributed by atoms with Crippen LogP contribution in [0.25, 0.3) is 0 Å². The topological polar surface area (TPSA) is 55.6 Å². The Bertz CT molecular complexity index is 493. The fourth-order valence-electron chi connectivity index (χ4n) is 2.84. The molecule has 23 heavy (non-hydrogen) atoms. The average Bonchev–Trinajstić information content (AvgIpc) is 3.04. The van der Waals surface area contributed by atoms with Gasteiger partial charge in [-0.2, -0.15) is 0 Å². The van der Waals surface area contributed by atoms with Crippen molar-refractivity contribution in [2.75, 3.05) is 19.7 Å². The number of rotatable bonds is 7. The van der Waals surface area contributed by atoms with Gasteiger partial charge in [0.05, 0.1) is 12.1 Å². The van der Waals surface area contributed by atoms with Crippen molar-refractivity contribution >= 4 is 5.91 Å². The van der Waals surface area contributed by atoms with Crippen LogP contribution in [-0.2, 0) is 16.0 Å². The molecule has 0 spiro atoms. The fourth-order valence-corrected chi connectivity index (χ4v) is 2.84. The van der Waals surface area contributed by atoms with Gasteiger partial charge in [0.1, 0.15) is 0 Å². The van der Waals surface area contributed by atoms with E-state index in [2.05, 4.69) is 31.2 Å². The maximum Gasteiger partial charge on any atom is 0.239 e. The highest BCUT2D eigenvalue weighted by Gasteiger charge is 2.27. The molecule has 0 aliphatic carbocycles. The van der Waals surface area contributed by atoms with E-state index in [-0.39, 0.29) is 17.9 Å². The summed E-state index contributed by atoms with van der Waals surface area (Å²) in [6, 6.07) is 8.05. The molecule has 1 heterocycles. The number of aryl methyl sites for hydroxylation is 1. The number of carbonyl (C=O) groups excluding carboxylic acids is 1. The van der Waals surface area contributed by atoms with Gasteiger partial charge in [-0.3, -0.25) is 4.79 Å². The van der Waals surface area contributed by atoms with E-state index in [0.717, 1.165) is 25.9 Å². The number of hydrogen-bond acceptors (Lipinski definition) is 3. The third kappa shape index (κ3) is 5.33. The van der Waals surface area contributed by atoms with Crippen LogP contribution in [0.5, 0.6) is 0 Å². The predicted molar refractivity (Wildman–Crippen MR) is 93.3 cm³/mol. The number of nitrogens with zero attached hydrogens (tertiary/aromatic N) is 1. The van der Waals surface area contributed by atoms with Crippen LogP contribution in [0.1, 0.15) is 37.8 Å². The monoisotopic (exact) mass is 318 g/mol. The number of benzene rings is 1. The van der Waals surface area contributed by atoms with Gasteiger partial charge in [-0.15, -0.1) is 0 Å². The van der Waals surface area contributed by atoms with E-state index in [0.29, 0.717) is 13.1 Å². The number of hydrogen-bond donors (Lipinski definition) is 1. The molecular weight excluding hydrogens is 288 g/mol. The van der Waals surface area contributed by atoms with Crippen LogP contribution in [0, 0.1) is 12.8 Å². The summed E-state index contributed by atoms with van der Waals surface area (Å²) < 4.78 is 5.71. The first-order chi connectivity index (χ1) is 11.0. The van der Waals surface area contributed by atoms with Gasteiger partial charge in [-0.1, -0.05) is 43.7 Å². The second-order valence-corrected chi connectivity index (χ2v) is 6.92. The van der Waals surface area contributed by atoms with Crippen LogP contribution in [0.3, 0.4) is 0 Å². The lowest BCUT2D eigenvalue weighted by molar-refractivity contribution is -0.135. The zero-order valence-electron chi connectivity index (χ0n) is 14.6. The smallest absolute Gasteiger partial charge is 0.239 e. The summed E-state index contributed by atoms with van der Waals surface area (Å²) in [7, 11) is 0. The zero-order chi connectivity index (χ0) is 16.8. The van der Waals surface area contributed by atoms with Crippen molar-refractivity contribution in [2.24, 2.45) is 11.7 Å². The number of nitrogens with two attached hydrogens (primary N) is 1. The lowest BCUT2D eigenvalue weighted by Crippen LogP contribution is -2.49. The average molecular weight is 318 g/mol. The quantitative estimate of drug-likeness (QED) is 0.840. The maximum atomic E-state index is 12.7. The molecule has 1 unspecified atom stereocenters. The van der Waals surface area contributed by atoms with E-state index in [1.165, 1.54) is 11.1 Å². The minimum Gasteiger partial charge on any atom is -0.376 e. The second kappa shape index (κ2) is 8.46. The Labute approximate surface area is 140 Å². The summed E-state index contributed by atoms with van der Waals surface area (Å²) in [5, 5.41) is 0.